The van der Waals surface area contributed by atoms with Crippen molar-refractivity contribution >= 4 is 5.97 Å². The van der Waals surface area contributed by atoms with Crippen molar-refractivity contribution < 1.29 is 34.3 Å². The third kappa shape index (κ3) is 5.69. The van der Waals surface area contributed by atoms with Crippen LogP contribution in [0.4, 0.5) is 0 Å². The van der Waals surface area contributed by atoms with Crippen LogP contribution in [-0.4, -0.2) is 52.8 Å². The van der Waals surface area contributed by atoms with E-state index in [1.165, 1.54) is 0 Å². The van der Waals surface area contributed by atoms with Gasteiger partial charge < -0.3 is 29.5 Å². The number of rotatable bonds is 10. The molecule has 1 aliphatic heterocycles. The Balaban J connectivity index is 1.50. The van der Waals surface area contributed by atoms with Crippen LogP contribution < -0.4 is 9.47 Å². The fourth-order valence-corrected chi connectivity index (χ4v) is 3.28. The normalized spacial score (nSPS) is 19.7. The van der Waals surface area contributed by atoms with Crippen LogP contribution in [0.25, 0.3) is 0 Å². The zero-order chi connectivity index (χ0) is 20.7. The number of hydrogen-bond acceptors (Lipinski definition) is 6. The Morgan fingerprint density at radius 1 is 1.07 bits per heavy atom. The molecule has 2 aromatic carbocycles. The molecule has 1 saturated heterocycles. The van der Waals surface area contributed by atoms with Gasteiger partial charge in [-0.1, -0.05) is 24.3 Å². The predicted octanol–water partition coefficient (Wildman–Crippen LogP) is 2.17. The van der Waals surface area contributed by atoms with Crippen molar-refractivity contribution in [1.82, 2.24) is 0 Å². The molecule has 7 heteroatoms. The number of aliphatic carboxylic acids is 1. The van der Waals surface area contributed by atoms with Crippen molar-refractivity contribution in [3.63, 3.8) is 0 Å². The monoisotopic (exact) mass is 402 g/mol. The van der Waals surface area contributed by atoms with Crippen molar-refractivity contribution in [3.8, 4) is 11.5 Å². The maximum atomic E-state index is 11.6. The average molecular weight is 402 g/mol. The molecule has 1 aliphatic rings. The summed E-state index contributed by atoms with van der Waals surface area (Å²) >= 11 is 0. The third-order valence-electron chi connectivity index (χ3n) is 4.87. The minimum absolute atomic E-state index is 0.0322. The smallest absolute Gasteiger partial charge is 0.336 e. The number of aliphatic hydroxyl groups excluding tert-OH is 2. The van der Waals surface area contributed by atoms with Gasteiger partial charge in [-0.25, -0.2) is 4.79 Å². The zero-order valence-corrected chi connectivity index (χ0v) is 16.1. The van der Waals surface area contributed by atoms with Gasteiger partial charge in [0.15, 0.2) is 5.60 Å². The second kappa shape index (κ2) is 9.73. The van der Waals surface area contributed by atoms with Gasteiger partial charge in [-0.15, -0.1) is 0 Å². The molecule has 3 N–H and O–H groups in total. The molecule has 0 aliphatic carbocycles. The van der Waals surface area contributed by atoms with E-state index in [1.54, 1.807) is 42.5 Å². The standard InChI is InChI=1S/C22H26O7/c23-13-16-5-7-19(8-6-16)27-14-18(24)15-28-20-4-1-3-17(11-20)12-22(21(25)26)9-2-10-29-22/h1,3-8,11,18,23-24H,2,9-10,12-15H2,(H,25,26)/t18-,22?/m0/s1. The second-order valence-corrected chi connectivity index (χ2v) is 7.15. The van der Waals surface area contributed by atoms with E-state index in [-0.39, 0.29) is 26.2 Å². The summed E-state index contributed by atoms with van der Waals surface area (Å²) in [4.78, 5) is 11.6. The Morgan fingerprint density at radius 3 is 2.41 bits per heavy atom. The second-order valence-electron chi connectivity index (χ2n) is 7.15. The highest BCUT2D eigenvalue weighted by Gasteiger charge is 2.42. The molecule has 2 atom stereocenters. The maximum absolute atomic E-state index is 11.6. The number of carboxylic acids is 1. The van der Waals surface area contributed by atoms with Crippen molar-refractivity contribution in [3.05, 3.63) is 59.7 Å². The summed E-state index contributed by atoms with van der Waals surface area (Å²) < 4.78 is 16.7. The molecule has 1 unspecified atom stereocenters. The number of benzene rings is 2. The first-order valence-corrected chi connectivity index (χ1v) is 9.60. The number of aliphatic hydroxyl groups is 2. The highest BCUT2D eigenvalue weighted by Crippen LogP contribution is 2.31. The molecule has 3 rings (SSSR count). The van der Waals surface area contributed by atoms with Gasteiger partial charge in [0.2, 0.25) is 0 Å². The van der Waals surface area contributed by atoms with Crippen LogP contribution in [-0.2, 0) is 22.6 Å². The van der Waals surface area contributed by atoms with Gasteiger partial charge in [-0.3, -0.25) is 0 Å². The van der Waals surface area contributed by atoms with Crippen LogP contribution in [0.15, 0.2) is 48.5 Å². The Hall–Kier alpha value is -2.61. The molecular weight excluding hydrogens is 376 g/mol. The molecule has 7 nitrogen and oxygen atoms in total. The molecule has 0 radical (unpaired) electrons. The topological polar surface area (TPSA) is 105 Å². The van der Waals surface area contributed by atoms with Crippen LogP contribution in [0.2, 0.25) is 0 Å². The summed E-state index contributed by atoms with van der Waals surface area (Å²) in [6, 6.07) is 14.1. The van der Waals surface area contributed by atoms with E-state index in [0.29, 0.717) is 24.5 Å². The Morgan fingerprint density at radius 2 is 1.79 bits per heavy atom. The predicted molar refractivity (Wildman–Crippen MR) is 105 cm³/mol. The summed E-state index contributed by atoms with van der Waals surface area (Å²) in [5.41, 5.74) is 0.424. The molecule has 2 aromatic rings. The largest absolute Gasteiger partial charge is 0.491 e. The van der Waals surface area contributed by atoms with Gasteiger partial charge in [0.25, 0.3) is 0 Å². The minimum atomic E-state index is -1.17. The lowest BCUT2D eigenvalue weighted by Gasteiger charge is -2.23. The van der Waals surface area contributed by atoms with Crippen LogP contribution in [0.5, 0.6) is 11.5 Å². The first-order chi connectivity index (χ1) is 14.0. The molecule has 0 spiro atoms. The van der Waals surface area contributed by atoms with Gasteiger partial charge in [0.1, 0.15) is 30.8 Å². The minimum Gasteiger partial charge on any atom is -0.491 e. The van der Waals surface area contributed by atoms with Crippen LogP contribution >= 0.6 is 0 Å². The molecule has 29 heavy (non-hydrogen) atoms. The molecule has 1 fully saturated rings. The fraction of sp³-hybridized carbons (Fsp3) is 0.409. The first kappa shape index (κ1) is 21.1. The van der Waals surface area contributed by atoms with Gasteiger partial charge >= 0.3 is 5.97 Å². The van der Waals surface area contributed by atoms with Gasteiger partial charge in [0.05, 0.1) is 6.61 Å². The molecule has 1 heterocycles. The molecule has 0 amide bonds. The van der Waals surface area contributed by atoms with E-state index >= 15 is 0 Å². The lowest BCUT2D eigenvalue weighted by atomic mass is 9.91. The van der Waals surface area contributed by atoms with E-state index in [4.69, 9.17) is 19.3 Å². The fourth-order valence-electron chi connectivity index (χ4n) is 3.28. The summed E-state index contributed by atoms with van der Waals surface area (Å²) in [6.45, 7) is 0.528. The Kier molecular flexibility index (Phi) is 7.09. The lowest BCUT2D eigenvalue weighted by Crippen LogP contribution is -2.40. The molecule has 0 aromatic heterocycles. The highest BCUT2D eigenvalue weighted by atomic mass is 16.5. The van der Waals surface area contributed by atoms with E-state index in [1.807, 2.05) is 6.07 Å². The van der Waals surface area contributed by atoms with Crippen molar-refractivity contribution in [2.24, 2.45) is 0 Å². The molecular formula is C22H26O7. The molecule has 0 saturated carbocycles. The van der Waals surface area contributed by atoms with Gasteiger partial charge in [0, 0.05) is 13.0 Å². The van der Waals surface area contributed by atoms with Crippen molar-refractivity contribution in [2.75, 3.05) is 19.8 Å². The summed E-state index contributed by atoms with van der Waals surface area (Å²) in [5.74, 6) is 0.201. The first-order valence-electron chi connectivity index (χ1n) is 9.60. The van der Waals surface area contributed by atoms with E-state index in [9.17, 15) is 15.0 Å². The van der Waals surface area contributed by atoms with Crippen molar-refractivity contribution in [2.45, 2.75) is 37.6 Å². The zero-order valence-electron chi connectivity index (χ0n) is 16.1. The Labute approximate surface area is 169 Å². The number of carboxylic acid groups (broad SMARTS) is 1. The van der Waals surface area contributed by atoms with E-state index in [2.05, 4.69) is 0 Å². The van der Waals surface area contributed by atoms with E-state index in [0.717, 1.165) is 17.5 Å². The maximum Gasteiger partial charge on any atom is 0.336 e. The average Bonchev–Trinajstić information content (AvgIpc) is 3.21. The van der Waals surface area contributed by atoms with E-state index < -0.39 is 17.7 Å². The Bertz CT molecular complexity index is 797. The van der Waals surface area contributed by atoms with Crippen LogP contribution in [0, 0.1) is 0 Å². The highest BCUT2D eigenvalue weighted by molar-refractivity contribution is 5.78. The van der Waals surface area contributed by atoms with Crippen LogP contribution in [0.3, 0.4) is 0 Å². The number of ether oxygens (including phenoxy) is 3. The molecule has 0 bridgehead atoms. The van der Waals surface area contributed by atoms with Gasteiger partial charge in [-0.05, 0) is 48.2 Å². The van der Waals surface area contributed by atoms with Gasteiger partial charge in [-0.2, -0.15) is 0 Å². The summed E-state index contributed by atoms with van der Waals surface area (Å²) in [5, 5.41) is 28.7. The third-order valence-corrected chi connectivity index (χ3v) is 4.87. The number of hydrogen-bond donors (Lipinski definition) is 3. The summed E-state index contributed by atoms with van der Waals surface area (Å²) in [7, 11) is 0. The molecule has 156 valence electrons. The quantitative estimate of drug-likeness (QED) is 0.559. The lowest BCUT2D eigenvalue weighted by molar-refractivity contribution is -0.159. The van der Waals surface area contributed by atoms with Crippen LogP contribution in [0.1, 0.15) is 24.0 Å². The summed E-state index contributed by atoms with van der Waals surface area (Å²) in [6.07, 6.45) is 0.662. The SMILES string of the molecule is O=C(O)C1(Cc2cccc(OC[C@@H](O)COc3ccc(CO)cc3)c2)CCCO1. The van der Waals surface area contributed by atoms with Crippen molar-refractivity contribution in [1.29, 1.82) is 0 Å². The number of carbonyl (C=O) groups is 1.